The Labute approximate surface area is 115 Å². The average Bonchev–Trinajstić information content (AvgIpc) is 2.39. The second kappa shape index (κ2) is 5.99. The number of aromatic nitrogens is 1. The van der Waals surface area contributed by atoms with Crippen LogP contribution >= 0.6 is 11.6 Å². The van der Waals surface area contributed by atoms with Gasteiger partial charge < -0.3 is 4.90 Å². The third-order valence-electron chi connectivity index (χ3n) is 3.39. The van der Waals surface area contributed by atoms with Crippen LogP contribution in [0.4, 0.5) is 19.0 Å². The molecule has 1 aromatic rings. The Morgan fingerprint density at radius 1 is 1.37 bits per heavy atom. The molecule has 0 bridgehead atoms. The summed E-state index contributed by atoms with van der Waals surface area (Å²) in [5, 5.41) is 0. The van der Waals surface area contributed by atoms with Gasteiger partial charge in [-0.05, 0) is 37.3 Å². The highest BCUT2D eigenvalue weighted by Crippen LogP contribution is 2.30. The highest BCUT2D eigenvalue weighted by atomic mass is 35.5. The van der Waals surface area contributed by atoms with Crippen LogP contribution in [-0.4, -0.2) is 24.0 Å². The first-order valence-electron chi connectivity index (χ1n) is 6.36. The molecule has 1 unspecified atom stereocenters. The lowest BCUT2D eigenvalue weighted by Gasteiger charge is -2.33. The molecule has 1 atom stereocenters. The summed E-state index contributed by atoms with van der Waals surface area (Å²) in [5.41, 5.74) is -0.829. The van der Waals surface area contributed by atoms with E-state index in [0.717, 1.165) is 38.4 Å². The van der Waals surface area contributed by atoms with E-state index in [-0.39, 0.29) is 0 Å². The van der Waals surface area contributed by atoms with Gasteiger partial charge in [-0.3, -0.25) is 0 Å². The fourth-order valence-corrected chi connectivity index (χ4v) is 2.73. The van der Waals surface area contributed by atoms with E-state index >= 15 is 0 Å². The van der Waals surface area contributed by atoms with Crippen LogP contribution in [0.5, 0.6) is 0 Å². The molecule has 0 saturated carbocycles. The highest BCUT2D eigenvalue weighted by Gasteiger charge is 2.33. The van der Waals surface area contributed by atoms with Crippen LogP contribution in [0, 0.1) is 5.92 Å². The first-order valence-corrected chi connectivity index (χ1v) is 6.89. The number of piperidine rings is 1. The molecule has 1 saturated heterocycles. The van der Waals surface area contributed by atoms with Crippen LogP contribution in [0.25, 0.3) is 0 Å². The molecule has 1 aromatic heterocycles. The van der Waals surface area contributed by atoms with Crippen LogP contribution in [0.15, 0.2) is 18.2 Å². The van der Waals surface area contributed by atoms with Gasteiger partial charge in [0.15, 0.2) is 0 Å². The summed E-state index contributed by atoms with van der Waals surface area (Å²) in [6.07, 6.45) is -1.43. The van der Waals surface area contributed by atoms with Gasteiger partial charge in [0.1, 0.15) is 11.5 Å². The van der Waals surface area contributed by atoms with Crippen molar-refractivity contribution in [3.63, 3.8) is 0 Å². The van der Waals surface area contributed by atoms with Crippen molar-refractivity contribution in [3.8, 4) is 0 Å². The van der Waals surface area contributed by atoms with Gasteiger partial charge in [-0.1, -0.05) is 6.07 Å². The molecular weight excluding hydrogens is 277 g/mol. The summed E-state index contributed by atoms with van der Waals surface area (Å²) in [6, 6.07) is 4.05. The standard InChI is InChI=1S/C13H16ClF3N2/c14-7-6-10-3-2-8-19(9-10)12-5-1-4-11(18-12)13(15,16)17/h1,4-5,10H,2-3,6-9H2. The van der Waals surface area contributed by atoms with Gasteiger partial charge >= 0.3 is 6.18 Å². The van der Waals surface area contributed by atoms with E-state index in [1.54, 1.807) is 6.07 Å². The predicted molar refractivity (Wildman–Crippen MR) is 69.5 cm³/mol. The van der Waals surface area contributed by atoms with Gasteiger partial charge in [0, 0.05) is 19.0 Å². The lowest BCUT2D eigenvalue weighted by atomic mass is 9.95. The Bertz CT molecular complexity index is 421. The molecular formula is C13H16ClF3N2. The van der Waals surface area contributed by atoms with E-state index in [1.807, 2.05) is 4.90 Å². The second-order valence-electron chi connectivity index (χ2n) is 4.81. The number of pyridine rings is 1. The third-order valence-corrected chi connectivity index (χ3v) is 3.60. The van der Waals surface area contributed by atoms with Crippen molar-refractivity contribution in [2.75, 3.05) is 23.9 Å². The molecule has 2 rings (SSSR count). The fourth-order valence-electron chi connectivity index (χ4n) is 2.42. The van der Waals surface area contributed by atoms with Crippen molar-refractivity contribution in [1.29, 1.82) is 0 Å². The van der Waals surface area contributed by atoms with Crippen LogP contribution in [0.1, 0.15) is 25.0 Å². The van der Waals surface area contributed by atoms with E-state index in [1.165, 1.54) is 6.07 Å². The molecule has 0 spiro atoms. The summed E-state index contributed by atoms with van der Waals surface area (Å²) >= 11 is 5.73. The molecule has 0 aromatic carbocycles. The van der Waals surface area contributed by atoms with Crippen LogP contribution in [0.2, 0.25) is 0 Å². The van der Waals surface area contributed by atoms with E-state index in [4.69, 9.17) is 11.6 Å². The minimum absolute atomic E-state index is 0.411. The number of alkyl halides is 4. The highest BCUT2D eigenvalue weighted by molar-refractivity contribution is 6.17. The largest absolute Gasteiger partial charge is 0.433 e. The Morgan fingerprint density at radius 2 is 2.16 bits per heavy atom. The number of hydrogen-bond donors (Lipinski definition) is 0. The smallest absolute Gasteiger partial charge is 0.356 e. The summed E-state index contributed by atoms with van der Waals surface area (Å²) < 4.78 is 37.9. The van der Waals surface area contributed by atoms with Crippen molar-refractivity contribution in [2.24, 2.45) is 5.92 Å². The fraction of sp³-hybridized carbons (Fsp3) is 0.615. The van der Waals surface area contributed by atoms with Gasteiger partial charge in [-0.25, -0.2) is 4.98 Å². The number of hydrogen-bond acceptors (Lipinski definition) is 2. The van der Waals surface area contributed by atoms with Crippen molar-refractivity contribution in [2.45, 2.75) is 25.4 Å². The molecule has 2 heterocycles. The Hall–Kier alpha value is -0.970. The predicted octanol–water partition coefficient (Wildman–Crippen LogP) is 3.95. The molecule has 19 heavy (non-hydrogen) atoms. The zero-order chi connectivity index (χ0) is 13.9. The Balaban J connectivity index is 2.13. The number of rotatable bonds is 3. The minimum atomic E-state index is -4.39. The Kier molecular flexibility index (Phi) is 4.55. The quantitative estimate of drug-likeness (QED) is 0.784. The topological polar surface area (TPSA) is 16.1 Å². The molecule has 0 aliphatic carbocycles. The molecule has 1 aliphatic heterocycles. The van der Waals surface area contributed by atoms with Gasteiger partial charge in [-0.15, -0.1) is 11.6 Å². The Morgan fingerprint density at radius 3 is 2.84 bits per heavy atom. The molecule has 2 nitrogen and oxygen atoms in total. The molecule has 106 valence electrons. The lowest BCUT2D eigenvalue weighted by molar-refractivity contribution is -0.141. The minimum Gasteiger partial charge on any atom is -0.356 e. The van der Waals surface area contributed by atoms with Gasteiger partial charge in [0.25, 0.3) is 0 Å². The van der Waals surface area contributed by atoms with Gasteiger partial charge in [-0.2, -0.15) is 13.2 Å². The van der Waals surface area contributed by atoms with Crippen molar-refractivity contribution in [1.82, 2.24) is 4.98 Å². The first kappa shape index (κ1) is 14.4. The van der Waals surface area contributed by atoms with Crippen LogP contribution < -0.4 is 4.90 Å². The monoisotopic (exact) mass is 292 g/mol. The molecule has 1 aliphatic rings. The van der Waals surface area contributed by atoms with E-state index in [2.05, 4.69) is 4.98 Å². The lowest BCUT2D eigenvalue weighted by Crippen LogP contribution is -2.36. The van der Waals surface area contributed by atoms with Gasteiger partial charge in [0.2, 0.25) is 0 Å². The van der Waals surface area contributed by atoms with E-state index in [9.17, 15) is 13.2 Å². The van der Waals surface area contributed by atoms with Crippen molar-refractivity contribution in [3.05, 3.63) is 23.9 Å². The first-order chi connectivity index (χ1) is 9.00. The average molecular weight is 293 g/mol. The van der Waals surface area contributed by atoms with Crippen molar-refractivity contribution < 1.29 is 13.2 Å². The molecule has 0 N–H and O–H groups in total. The second-order valence-corrected chi connectivity index (χ2v) is 5.19. The maximum absolute atomic E-state index is 12.6. The maximum Gasteiger partial charge on any atom is 0.433 e. The van der Waals surface area contributed by atoms with Crippen molar-refractivity contribution >= 4 is 17.4 Å². The molecule has 1 fully saturated rings. The summed E-state index contributed by atoms with van der Waals surface area (Å²) in [6.45, 7) is 1.49. The molecule has 0 amide bonds. The summed E-state index contributed by atoms with van der Waals surface area (Å²) in [7, 11) is 0. The normalized spacial score (nSPS) is 20.6. The summed E-state index contributed by atoms with van der Waals surface area (Å²) in [4.78, 5) is 5.66. The number of halogens is 4. The zero-order valence-corrected chi connectivity index (χ0v) is 11.2. The van der Waals surface area contributed by atoms with E-state index < -0.39 is 11.9 Å². The maximum atomic E-state index is 12.6. The third kappa shape index (κ3) is 3.75. The SMILES string of the molecule is FC(F)(F)c1cccc(N2CCCC(CCCl)C2)n1. The molecule has 6 heteroatoms. The number of nitrogens with zero attached hydrogens (tertiary/aromatic N) is 2. The summed E-state index contributed by atoms with van der Waals surface area (Å²) in [5.74, 6) is 1.45. The van der Waals surface area contributed by atoms with Crippen LogP contribution in [-0.2, 0) is 6.18 Å². The van der Waals surface area contributed by atoms with Gasteiger partial charge in [0.05, 0.1) is 0 Å². The van der Waals surface area contributed by atoms with Crippen LogP contribution in [0.3, 0.4) is 0 Å². The number of anilines is 1. The molecule has 0 radical (unpaired) electrons. The van der Waals surface area contributed by atoms with E-state index in [0.29, 0.717) is 17.6 Å². The zero-order valence-electron chi connectivity index (χ0n) is 10.5.